The Bertz CT molecular complexity index is 447. The second kappa shape index (κ2) is 8.50. The van der Waals surface area contributed by atoms with Crippen LogP contribution in [0.3, 0.4) is 0 Å². The van der Waals surface area contributed by atoms with Crippen molar-refractivity contribution in [2.75, 3.05) is 20.8 Å². The van der Waals surface area contributed by atoms with Crippen molar-refractivity contribution in [1.29, 1.82) is 0 Å². The SMILES string of the molecule is COc1cc(Cl)c(CCCCCCNC2CC2)cc1OC. The van der Waals surface area contributed by atoms with E-state index in [-0.39, 0.29) is 0 Å². The second-order valence-electron chi connectivity index (χ2n) is 5.69. The van der Waals surface area contributed by atoms with Crippen LogP contribution in [0.4, 0.5) is 0 Å². The molecule has 0 aliphatic heterocycles. The van der Waals surface area contributed by atoms with E-state index in [1.807, 2.05) is 12.1 Å². The van der Waals surface area contributed by atoms with Crippen LogP contribution in [0, 0.1) is 0 Å². The first-order valence-corrected chi connectivity index (χ1v) is 8.26. The summed E-state index contributed by atoms with van der Waals surface area (Å²) < 4.78 is 10.6. The van der Waals surface area contributed by atoms with Crippen LogP contribution in [0.5, 0.6) is 11.5 Å². The van der Waals surface area contributed by atoms with Crippen LogP contribution < -0.4 is 14.8 Å². The average Bonchev–Trinajstić information content (AvgIpc) is 3.31. The Labute approximate surface area is 133 Å². The number of nitrogens with one attached hydrogen (secondary N) is 1. The highest BCUT2D eigenvalue weighted by Crippen LogP contribution is 2.33. The standard InChI is InChI=1S/C17H26ClNO2/c1-20-16-11-13(15(18)12-17(16)21-2)7-5-3-4-6-10-19-14-8-9-14/h11-12,14,19H,3-10H2,1-2H3. The van der Waals surface area contributed by atoms with Gasteiger partial charge in [0.1, 0.15) is 0 Å². The minimum Gasteiger partial charge on any atom is -0.493 e. The molecule has 0 unspecified atom stereocenters. The zero-order valence-corrected chi connectivity index (χ0v) is 13.8. The van der Waals surface area contributed by atoms with Gasteiger partial charge in [-0.05, 0) is 50.3 Å². The van der Waals surface area contributed by atoms with Gasteiger partial charge in [-0.25, -0.2) is 0 Å². The number of hydrogen-bond donors (Lipinski definition) is 1. The fraction of sp³-hybridized carbons (Fsp3) is 0.647. The molecule has 0 saturated heterocycles. The highest BCUT2D eigenvalue weighted by atomic mass is 35.5. The molecule has 0 heterocycles. The molecule has 1 N–H and O–H groups in total. The van der Waals surface area contributed by atoms with E-state index in [0.29, 0.717) is 5.75 Å². The summed E-state index contributed by atoms with van der Waals surface area (Å²) in [6.45, 7) is 1.17. The van der Waals surface area contributed by atoms with Crippen LogP contribution in [0.15, 0.2) is 12.1 Å². The molecule has 1 fully saturated rings. The monoisotopic (exact) mass is 311 g/mol. The number of halogens is 1. The van der Waals surface area contributed by atoms with Crippen molar-refractivity contribution in [2.45, 2.75) is 51.0 Å². The van der Waals surface area contributed by atoms with Gasteiger partial charge < -0.3 is 14.8 Å². The highest BCUT2D eigenvalue weighted by Gasteiger charge is 2.19. The van der Waals surface area contributed by atoms with Crippen LogP contribution >= 0.6 is 11.6 Å². The summed E-state index contributed by atoms with van der Waals surface area (Å²) in [5, 5.41) is 4.32. The third-order valence-corrected chi connectivity index (χ3v) is 4.29. The first-order chi connectivity index (χ1) is 10.2. The van der Waals surface area contributed by atoms with E-state index in [4.69, 9.17) is 21.1 Å². The van der Waals surface area contributed by atoms with Crippen LogP contribution in [0.2, 0.25) is 5.02 Å². The van der Waals surface area contributed by atoms with Crippen molar-refractivity contribution in [3.8, 4) is 11.5 Å². The summed E-state index contributed by atoms with van der Waals surface area (Å²) in [5.74, 6) is 1.45. The molecule has 1 aliphatic carbocycles. The molecule has 4 heteroatoms. The zero-order valence-electron chi connectivity index (χ0n) is 13.1. The van der Waals surface area contributed by atoms with E-state index in [0.717, 1.165) is 28.8 Å². The Morgan fingerprint density at radius 1 is 1.05 bits per heavy atom. The maximum atomic E-state index is 6.30. The van der Waals surface area contributed by atoms with Gasteiger partial charge in [-0.1, -0.05) is 24.4 Å². The molecular weight excluding hydrogens is 286 g/mol. The highest BCUT2D eigenvalue weighted by molar-refractivity contribution is 6.31. The van der Waals surface area contributed by atoms with E-state index in [1.165, 1.54) is 45.1 Å². The Balaban J connectivity index is 1.69. The molecule has 0 spiro atoms. The van der Waals surface area contributed by atoms with Crippen molar-refractivity contribution < 1.29 is 9.47 Å². The Hall–Kier alpha value is -0.930. The maximum absolute atomic E-state index is 6.30. The number of benzene rings is 1. The van der Waals surface area contributed by atoms with Gasteiger partial charge in [0.25, 0.3) is 0 Å². The van der Waals surface area contributed by atoms with Crippen molar-refractivity contribution >= 4 is 11.6 Å². The Kier molecular flexibility index (Phi) is 6.65. The van der Waals surface area contributed by atoms with Gasteiger partial charge in [0.15, 0.2) is 11.5 Å². The molecule has 1 aromatic rings. The van der Waals surface area contributed by atoms with E-state index in [9.17, 15) is 0 Å². The summed E-state index contributed by atoms with van der Waals surface area (Å²) in [5.41, 5.74) is 1.14. The normalized spacial score (nSPS) is 14.2. The van der Waals surface area contributed by atoms with Crippen LogP contribution in [0.1, 0.15) is 44.1 Å². The number of unbranched alkanes of at least 4 members (excludes halogenated alkanes) is 3. The van der Waals surface area contributed by atoms with Gasteiger partial charge in [0.05, 0.1) is 14.2 Å². The summed E-state index contributed by atoms with van der Waals surface area (Å²) in [6, 6.07) is 4.67. The molecule has 1 aromatic carbocycles. The number of hydrogen-bond acceptors (Lipinski definition) is 3. The third-order valence-electron chi connectivity index (χ3n) is 3.94. The van der Waals surface area contributed by atoms with E-state index in [1.54, 1.807) is 14.2 Å². The van der Waals surface area contributed by atoms with Gasteiger partial charge >= 0.3 is 0 Å². The molecule has 118 valence electrons. The topological polar surface area (TPSA) is 30.5 Å². The molecule has 0 bridgehead atoms. The largest absolute Gasteiger partial charge is 0.493 e. The maximum Gasteiger partial charge on any atom is 0.162 e. The average molecular weight is 312 g/mol. The molecule has 21 heavy (non-hydrogen) atoms. The molecule has 0 atom stereocenters. The van der Waals surface area contributed by atoms with E-state index in [2.05, 4.69) is 5.32 Å². The summed E-state index contributed by atoms with van der Waals surface area (Å²) in [7, 11) is 3.28. The van der Waals surface area contributed by atoms with Crippen molar-refractivity contribution in [1.82, 2.24) is 5.32 Å². The Morgan fingerprint density at radius 2 is 1.71 bits per heavy atom. The number of methoxy groups -OCH3 is 2. The number of aryl methyl sites for hydroxylation is 1. The van der Waals surface area contributed by atoms with Crippen LogP contribution in [-0.2, 0) is 6.42 Å². The molecule has 0 aromatic heterocycles. The van der Waals surface area contributed by atoms with E-state index >= 15 is 0 Å². The minimum atomic E-state index is 0.692. The minimum absolute atomic E-state index is 0.692. The lowest BCUT2D eigenvalue weighted by molar-refractivity contribution is 0.354. The van der Waals surface area contributed by atoms with Crippen molar-refractivity contribution in [2.24, 2.45) is 0 Å². The fourth-order valence-electron chi connectivity index (χ4n) is 2.48. The van der Waals surface area contributed by atoms with Crippen LogP contribution in [0.25, 0.3) is 0 Å². The molecule has 0 radical (unpaired) electrons. The first-order valence-electron chi connectivity index (χ1n) is 7.88. The molecule has 1 aliphatic rings. The zero-order chi connectivity index (χ0) is 15.1. The third kappa shape index (κ3) is 5.40. The molecule has 1 saturated carbocycles. The smallest absolute Gasteiger partial charge is 0.162 e. The number of ether oxygens (including phenoxy) is 2. The lowest BCUT2D eigenvalue weighted by Crippen LogP contribution is -2.17. The second-order valence-corrected chi connectivity index (χ2v) is 6.10. The quantitative estimate of drug-likeness (QED) is 0.657. The Morgan fingerprint density at radius 3 is 2.38 bits per heavy atom. The molecule has 0 amide bonds. The van der Waals surface area contributed by atoms with E-state index < -0.39 is 0 Å². The summed E-state index contributed by atoms with van der Waals surface area (Å²) >= 11 is 6.30. The summed E-state index contributed by atoms with van der Waals surface area (Å²) in [6.07, 6.45) is 8.71. The predicted octanol–water partition coefficient (Wildman–Crippen LogP) is 4.21. The van der Waals surface area contributed by atoms with Gasteiger partial charge in [-0.2, -0.15) is 0 Å². The predicted molar refractivity (Wildman–Crippen MR) is 87.8 cm³/mol. The van der Waals surface area contributed by atoms with Crippen molar-refractivity contribution in [3.63, 3.8) is 0 Å². The van der Waals surface area contributed by atoms with Crippen molar-refractivity contribution in [3.05, 3.63) is 22.7 Å². The van der Waals surface area contributed by atoms with Gasteiger partial charge in [0, 0.05) is 17.1 Å². The fourth-order valence-corrected chi connectivity index (χ4v) is 2.72. The van der Waals surface area contributed by atoms with Gasteiger partial charge in [-0.3, -0.25) is 0 Å². The number of rotatable bonds is 10. The lowest BCUT2D eigenvalue weighted by atomic mass is 10.1. The van der Waals surface area contributed by atoms with Gasteiger partial charge in [-0.15, -0.1) is 0 Å². The van der Waals surface area contributed by atoms with Gasteiger partial charge in [0.2, 0.25) is 0 Å². The molecule has 3 nitrogen and oxygen atoms in total. The van der Waals surface area contributed by atoms with Crippen LogP contribution in [-0.4, -0.2) is 26.8 Å². The molecular formula is C17H26ClNO2. The first kappa shape index (κ1) is 16.4. The summed E-state index contributed by atoms with van der Waals surface area (Å²) in [4.78, 5) is 0. The lowest BCUT2D eigenvalue weighted by Gasteiger charge is -2.11. The molecule has 2 rings (SSSR count).